The first-order chi connectivity index (χ1) is 13.5. The van der Waals surface area contributed by atoms with E-state index in [2.05, 4.69) is 15.0 Å². The van der Waals surface area contributed by atoms with Crippen LogP contribution in [0.4, 0.5) is 0 Å². The summed E-state index contributed by atoms with van der Waals surface area (Å²) in [6, 6.07) is 7.95. The van der Waals surface area contributed by atoms with Crippen LogP contribution in [0.1, 0.15) is 32.1 Å². The van der Waals surface area contributed by atoms with E-state index in [1.165, 1.54) is 0 Å². The van der Waals surface area contributed by atoms with Crippen LogP contribution in [0.25, 0.3) is 11.4 Å². The number of hydrogen-bond donors (Lipinski definition) is 1. The summed E-state index contributed by atoms with van der Waals surface area (Å²) in [6.45, 7) is 5.11. The third-order valence-corrected chi connectivity index (χ3v) is 5.05. The van der Waals surface area contributed by atoms with Crippen LogP contribution in [-0.4, -0.2) is 70.3 Å². The smallest absolute Gasteiger partial charge is 0.317 e. The molecule has 2 heterocycles. The lowest BCUT2D eigenvalue weighted by atomic mass is 10.1. The van der Waals surface area contributed by atoms with Gasteiger partial charge in [-0.1, -0.05) is 5.16 Å². The minimum absolute atomic E-state index is 0. The Morgan fingerprint density at radius 3 is 2.76 bits per heavy atom. The standard InChI is InChI=1S/C20H28N4O4.ClH/c1-3-27-17-8-6-15(7-9-17)20-21-18(28-22-20)13-24-11-4-5-16(10-12-24)23(2)14-19(25)26;/h6-9,16H,3-5,10-14H2,1-2H3,(H,25,26);1H. The number of ether oxygens (including phenoxy) is 1. The molecule has 1 aliphatic rings. The molecular formula is C20H29ClN4O4. The molecule has 2 aromatic rings. The summed E-state index contributed by atoms with van der Waals surface area (Å²) in [5, 5.41) is 13.1. The highest BCUT2D eigenvalue weighted by Crippen LogP contribution is 2.21. The first-order valence-corrected chi connectivity index (χ1v) is 9.75. The summed E-state index contributed by atoms with van der Waals surface area (Å²) in [4.78, 5) is 19.7. The van der Waals surface area contributed by atoms with Gasteiger partial charge in [-0.25, -0.2) is 0 Å². The predicted molar refractivity (Wildman–Crippen MR) is 111 cm³/mol. The zero-order valence-corrected chi connectivity index (χ0v) is 17.7. The zero-order valence-electron chi connectivity index (χ0n) is 16.9. The molecule has 0 saturated carbocycles. The van der Waals surface area contributed by atoms with Gasteiger partial charge >= 0.3 is 5.97 Å². The Labute approximate surface area is 177 Å². The van der Waals surface area contributed by atoms with Crippen LogP contribution in [0.5, 0.6) is 5.75 Å². The Balaban J connectivity index is 0.00000300. The second-order valence-corrected chi connectivity index (χ2v) is 7.14. The molecule has 1 N–H and O–H groups in total. The monoisotopic (exact) mass is 424 g/mol. The van der Waals surface area contributed by atoms with E-state index in [0.29, 0.717) is 30.9 Å². The number of hydrogen-bond acceptors (Lipinski definition) is 7. The Bertz CT molecular complexity index is 768. The first-order valence-electron chi connectivity index (χ1n) is 9.75. The topological polar surface area (TPSA) is 91.9 Å². The number of carboxylic acid groups (broad SMARTS) is 1. The average Bonchev–Trinajstić information content (AvgIpc) is 3.00. The maximum absolute atomic E-state index is 10.9. The summed E-state index contributed by atoms with van der Waals surface area (Å²) in [5.41, 5.74) is 0.893. The fourth-order valence-corrected chi connectivity index (χ4v) is 3.57. The molecule has 1 unspecified atom stereocenters. The van der Waals surface area contributed by atoms with Crippen molar-refractivity contribution in [3.8, 4) is 17.1 Å². The molecule has 1 aromatic heterocycles. The summed E-state index contributed by atoms with van der Waals surface area (Å²) >= 11 is 0. The van der Waals surface area contributed by atoms with E-state index in [0.717, 1.165) is 43.7 Å². The third-order valence-electron chi connectivity index (χ3n) is 5.05. The number of rotatable bonds is 8. The number of halogens is 1. The van der Waals surface area contributed by atoms with Gasteiger partial charge in [-0.15, -0.1) is 12.4 Å². The predicted octanol–water partition coefficient (Wildman–Crippen LogP) is 2.93. The Hall–Kier alpha value is -2.16. The van der Waals surface area contributed by atoms with Gasteiger partial charge in [-0.2, -0.15) is 4.98 Å². The fraction of sp³-hybridized carbons (Fsp3) is 0.550. The fourth-order valence-electron chi connectivity index (χ4n) is 3.57. The molecule has 160 valence electrons. The van der Waals surface area contributed by atoms with Crippen molar-refractivity contribution in [1.29, 1.82) is 0 Å². The summed E-state index contributed by atoms with van der Waals surface area (Å²) in [6.07, 6.45) is 2.96. The Morgan fingerprint density at radius 1 is 1.31 bits per heavy atom. The molecule has 1 fully saturated rings. The quantitative estimate of drug-likeness (QED) is 0.691. The normalized spacial score (nSPS) is 17.6. The van der Waals surface area contributed by atoms with E-state index < -0.39 is 5.97 Å². The van der Waals surface area contributed by atoms with Crippen molar-refractivity contribution in [3.63, 3.8) is 0 Å². The molecule has 0 bridgehead atoms. The SMILES string of the molecule is CCOc1ccc(-c2noc(CN3CCCC(N(C)CC(=O)O)CC3)n2)cc1.Cl. The van der Waals surface area contributed by atoms with E-state index in [4.69, 9.17) is 14.4 Å². The largest absolute Gasteiger partial charge is 0.494 e. The number of likely N-dealkylation sites (tertiary alicyclic amines) is 1. The van der Waals surface area contributed by atoms with Gasteiger partial charge in [0.05, 0.1) is 19.7 Å². The van der Waals surface area contributed by atoms with Crippen LogP contribution in [0.3, 0.4) is 0 Å². The van der Waals surface area contributed by atoms with Gasteiger partial charge in [0.2, 0.25) is 11.7 Å². The van der Waals surface area contributed by atoms with Crippen molar-refractivity contribution in [2.24, 2.45) is 0 Å². The number of benzene rings is 1. The van der Waals surface area contributed by atoms with Gasteiger partial charge in [0.15, 0.2) is 0 Å². The molecule has 0 radical (unpaired) electrons. The van der Waals surface area contributed by atoms with Crippen LogP contribution >= 0.6 is 12.4 Å². The van der Waals surface area contributed by atoms with Crippen molar-refractivity contribution in [3.05, 3.63) is 30.2 Å². The van der Waals surface area contributed by atoms with Gasteiger partial charge in [0.1, 0.15) is 5.75 Å². The average molecular weight is 425 g/mol. The van der Waals surface area contributed by atoms with Gasteiger partial charge in [0, 0.05) is 18.2 Å². The number of carboxylic acids is 1. The number of nitrogens with zero attached hydrogens (tertiary/aromatic N) is 4. The number of carbonyl (C=O) groups is 1. The molecule has 1 saturated heterocycles. The maximum Gasteiger partial charge on any atom is 0.317 e. The third kappa shape index (κ3) is 6.69. The molecule has 0 aliphatic carbocycles. The van der Waals surface area contributed by atoms with Crippen molar-refractivity contribution in [2.45, 2.75) is 38.8 Å². The second kappa shape index (κ2) is 11.1. The highest BCUT2D eigenvalue weighted by atomic mass is 35.5. The van der Waals surface area contributed by atoms with E-state index in [9.17, 15) is 4.79 Å². The molecule has 1 aromatic carbocycles. The van der Waals surface area contributed by atoms with Crippen LogP contribution in [0.15, 0.2) is 28.8 Å². The molecule has 1 atom stereocenters. The molecule has 3 rings (SSSR count). The zero-order chi connectivity index (χ0) is 19.9. The van der Waals surface area contributed by atoms with Crippen molar-refractivity contribution >= 4 is 18.4 Å². The second-order valence-electron chi connectivity index (χ2n) is 7.14. The molecular weight excluding hydrogens is 396 g/mol. The molecule has 0 amide bonds. The highest BCUT2D eigenvalue weighted by Gasteiger charge is 2.23. The van der Waals surface area contributed by atoms with E-state index >= 15 is 0 Å². The summed E-state index contributed by atoms with van der Waals surface area (Å²) in [5.74, 6) is 1.21. The number of aromatic nitrogens is 2. The first kappa shape index (κ1) is 23.1. The van der Waals surface area contributed by atoms with Gasteiger partial charge in [-0.05, 0) is 64.0 Å². The van der Waals surface area contributed by atoms with Gasteiger partial charge < -0.3 is 14.4 Å². The highest BCUT2D eigenvalue weighted by molar-refractivity contribution is 5.85. The summed E-state index contributed by atoms with van der Waals surface area (Å²) in [7, 11) is 1.88. The van der Waals surface area contributed by atoms with Crippen LogP contribution in [-0.2, 0) is 11.3 Å². The van der Waals surface area contributed by atoms with Crippen molar-refractivity contribution in [1.82, 2.24) is 19.9 Å². The Morgan fingerprint density at radius 2 is 2.07 bits per heavy atom. The molecule has 8 nitrogen and oxygen atoms in total. The van der Waals surface area contributed by atoms with E-state index in [1.807, 2.05) is 43.1 Å². The van der Waals surface area contributed by atoms with E-state index in [-0.39, 0.29) is 19.0 Å². The van der Waals surface area contributed by atoms with Crippen molar-refractivity contribution < 1.29 is 19.2 Å². The summed E-state index contributed by atoms with van der Waals surface area (Å²) < 4.78 is 10.9. The van der Waals surface area contributed by atoms with E-state index in [1.54, 1.807) is 0 Å². The lowest BCUT2D eigenvalue weighted by Gasteiger charge is -2.25. The van der Waals surface area contributed by atoms with Crippen molar-refractivity contribution in [2.75, 3.05) is 33.3 Å². The van der Waals surface area contributed by atoms with Gasteiger partial charge in [0.25, 0.3) is 0 Å². The molecule has 0 spiro atoms. The van der Waals surface area contributed by atoms with Crippen LogP contribution in [0.2, 0.25) is 0 Å². The van der Waals surface area contributed by atoms with Gasteiger partial charge in [-0.3, -0.25) is 14.6 Å². The number of likely N-dealkylation sites (N-methyl/N-ethyl adjacent to an activating group) is 1. The lowest BCUT2D eigenvalue weighted by molar-refractivity contribution is -0.138. The Kier molecular flexibility index (Phi) is 8.88. The van der Waals surface area contributed by atoms with Crippen LogP contribution in [0, 0.1) is 0 Å². The molecule has 1 aliphatic heterocycles. The lowest BCUT2D eigenvalue weighted by Crippen LogP contribution is -2.36. The molecule has 9 heteroatoms. The molecule has 29 heavy (non-hydrogen) atoms. The minimum Gasteiger partial charge on any atom is -0.494 e. The number of aliphatic carboxylic acids is 1. The van der Waals surface area contributed by atoms with Crippen LogP contribution < -0.4 is 4.74 Å². The minimum atomic E-state index is -0.781. The maximum atomic E-state index is 10.9.